The lowest BCUT2D eigenvalue weighted by Crippen LogP contribution is -2.07. The largest absolute Gasteiger partial charge is 0.467 e. The lowest BCUT2D eigenvalue weighted by Gasteiger charge is -2.10. The average molecular weight is 270 g/mol. The Bertz CT molecular complexity index is 549. The van der Waals surface area contributed by atoms with E-state index in [1.165, 1.54) is 0 Å². The van der Waals surface area contributed by atoms with Gasteiger partial charge in [-0.15, -0.1) is 0 Å². The van der Waals surface area contributed by atoms with Crippen LogP contribution in [0.15, 0.2) is 54.6 Å². The molecule has 0 atom stereocenters. The van der Waals surface area contributed by atoms with E-state index in [0.717, 1.165) is 5.56 Å². The molecule has 0 N–H and O–H groups in total. The molecular formula is C17H18O3. The van der Waals surface area contributed by atoms with E-state index in [0.29, 0.717) is 24.3 Å². The van der Waals surface area contributed by atoms with Gasteiger partial charge in [0.05, 0.1) is 12.2 Å². The summed E-state index contributed by atoms with van der Waals surface area (Å²) in [5.74, 6) is 0.649. The molecule has 0 aliphatic rings. The lowest BCUT2D eigenvalue weighted by atomic mass is 10.1. The number of Topliss-reactive ketones (excluding diaryl/α,β-unsaturated/α-hetero) is 1. The molecule has 0 radical (unpaired) electrons. The van der Waals surface area contributed by atoms with Crippen LogP contribution < -0.4 is 4.74 Å². The number of carbonyl (C=O) groups is 1. The third kappa shape index (κ3) is 3.93. The van der Waals surface area contributed by atoms with Crippen LogP contribution in [0.1, 0.15) is 29.3 Å². The van der Waals surface area contributed by atoms with Crippen LogP contribution in [0.4, 0.5) is 0 Å². The minimum absolute atomic E-state index is 0.0728. The summed E-state index contributed by atoms with van der Waals surface area (Å²) in [6.07, 6.45) is 0.464. The second kappa shape index (κ2) is 7.46. The van der Waals surface area contributed by atoms with Gasteiger partial charge in [0.25, 0.3) is 0 Å². The van der Waals surface area contributed by atoms with Crippen molar-refractivity contribution in [2.75, 3.05) is 6.79 Å². The highest BCUT2D eigenvalue weighted by Crippen LogP contribution is 2.19. The second-order valence-corrected chi connectivity index (χ2v) is 4.37. The topological polar surface area (TPSA) is 35.5 Å². The molecule has 0 amide bonds. The first-order valence-electron chi connectivity index (χ1n) is 6.68. The van der Waals surface area contributed by atoms with Gasteiger partial charge in [-0.25, -0.2) is 0 Å². The van der Waals surface area contributed by atoms with E-state index < -0.39 is 0 Å². The molecule has 2 rings (SSSR count). The fourth-order valence-electron chi connectivity index (χ4n) is 1.85. The number of rotatable bonds is 7. The van der Waals surface area contributed by atoms with Gasteiger partial charge in [-0.1, -0.05) is 49.4 Å². The average Bonchev–Trinajstić information content (AvgIpc) is 2.52. The molecule has 0 bridgehead atoms. The van der Waals surface area contributed by atoms with Crippen LogP contribution in [-0.2, 0) is 11.3 Å². The van der Waals surface area contributed by atoms with Gasteiger partial charge >= 0.3 is 0 Å². The SMILES string of the molecule is CCC(=O)c1ccccc1OCOCc1ccccc1. The molecule has 0 aliphatic carbocycles. The van der Waals surface area contributed by atoms with Crippen molar-refractivity contribution in [3.8, 4) is 5.75 Å². The van der Waals surface area contributed by atoms with Crippen LogP contribution in [0.3, 0.4) is 0 Å². The summed E-state index contributed by atoms with van der Waals surface area (Å²) in [4.78, 5) is 11.8. The molecule has 104 valence electrons. The fourth-order valence-corrected chi connectivity index (χ4v) is 1.85. The molecule has 0 fully saturated rings. The first kappa shape index (κ1) is 14.3. The summed E-state index contributed by atoms with van der Waals surface area (Å²) in [6, 6.07) is 17.1. The predicted octanol–water partition coefficient (Wildman–Crippen LogP) is 3.83. The number of para-hydroxylation sites is 1. The smallest absolute Gasteiger partial charge is 0.189 e. The van der Waals surface area contributed by atoms with Crippen molar-refractivity contribution in [1.29, 1.82) is 0 Å². The normalized spacial score (nSPS) is 10.2. The highest BCUT2D eigenvalue weighted by molar-refractivity contribution is 5.98. The lowest BCUT2D eigenvalue weighted by molar-refractivity contribution is 0.00466. The van der Waals surface area contributed by atoms with Gasteiger partial charge in [-0.2, -0.15) is 0 Å². The molecule has 0 aromatic heterocycles. The van der Waals surface area contributed by atoms with Crippen molar-refractivity contribution in [2.24, 2.45) is 0 Å². The van der Waals surface area contributed by atoms with E-state index in [4.69, 9.17) is 9.47 Å². The van der Waals surface area contributed by atoms with E-state index in [2.05, 4.69) is 0 Å². The Morgan fingerprint density at radius 3 is 2.45 bits per heavy atom. The fraction of sp³-hybridized carbons (Fsp3) is 0.235. The Hall–Kier alpha value is -2.13. The second-order valence-electron chi connectivity index (χ2n) is 4.37. The number of hydrogen-bond acceptors (Lipinski definition) is 3. The maximum Gasteiger partial charge on any atom is 0.189 e. The van der Waals surface area contributed by atoms with Crippen molar-refractivity contribution < 1.29 is 14.3 Å². The Morgan fingerprint density at radius 2 is 1.70 bits per heavy atom. The number of ketones is 1. The van der Waals surface area contributed by atoms with Gasteiger partial charge in [-0.3, -0.25) is 4.79 Å². The maximum atomic E-state index is 11.8. The number of ether oxygens (including phenoxy) is 2. The standard InChI is InChI=1S/C17H18O3/c1-2-16(18)15-10-6-7-11-17(15)20-13-19-12-14-8-4-3-5-9-14/h3-11H,2,12-13H2,1H3. The van der Waals surface area contributed by atoms with Crippen LogP contribution in [0.25, 0.3) is 0 Å². The summed E-state index contributed by atoms with van der Waals surface area (Å²) in [7, 11) is 0. The Balaban J connectivity index is 1.87. The van der Waals surface area contributed by atoms with Crippen molar-refractivity contribution in [1.82, 2.24) is 0 Å². The van der Waals surface area contributed by atoms with Crippen LogP contribution in [0.2, 0.25) is 0 Å². The van der Waals surface area contributed by atoms with Crippen LogP contribution >= 0.6 is 0 Å². The molecule has 0 unspecified atom stereocenters. The summed E-state index contributed by atoms with van der Waals surface area (Å²) in [5.41, 5.74) is 1.70. The van der Waals surface area contributed by atoms with Gasteiger partial charge < -0.3 is 9.47 Å². The van der Waals surface area contributed by atoms with E-state index in [9.17, 15) is 4.79 Å². The molecule has 3 heteroatoms. The Morgan fingerprint density at radius 1 is 1.00 bits per heavy atom. The summed E-state index contributed by atoms with van der Waals surface area (Å²) < 4.78 is 11.0. The molecule has 0 saturated carbocycles. The van der Waals surface area contributed by atoms with E-state index in [-0.39, 0.29) is 12.6 Å². The molecule has 0 spiro atoms. The van der Waals surface area contributed by atoms with E-state index in [1.54, 1.807) is 12.1 Å². The zero-order valence-corrected chi connectivity index (χ0v) is 11.5. The summed E-state index contributed by atoms with van der Waals surface area (Å²) in [6.45, 7) is 2.46. The molecular weight excluding hydrogens is 252 g/mol. The molecule has 2 aromatic carbocycles. The van der Waals surface area contributed by atoms with Crippen molar-refractivity contribution in [3.63, 3.8) is 0 Å². The highest BCUT2D eigenvalue weighted by Gasteiger charge is 2.09. The monoisotopic (exact) mass is 270 g/mol. The molecule has 3 nitrogen and oxygen atoms in total. The third-order valence-electron chi connectivity index (χ3n) is 2.92. The van der Waals surface area contributed by atoms with Gasteiger partial charge in [0.2, 0.25) is 0 Å². The van der Waals surface area contributed by atoms with Crippen LogP contribution in [-0.4, -0.2) is 12.6 Å². The van der Waals surface area contributed by atoms with Crippen molar-refractivity contribution in [3.05, 3.63) is 65.7 Å². The molecule has 0 heterocycles. The third-order valence-corrected chi connectivity index (χ3v) is 2.92. The number of benzene rings is 2. The summed E-state index contributed by atoms with van der Waals surface area (Å²) in [5, 5.41) is 0. The van der Waals surface area contributed by atoms with Gasteiger partial charge in [0, 0.05) is 6.42 Å². The summed E-state index contributed by atoms with van der Waals surface area (Å²) >= 11 is 0. The van der Waals surface area contributed by atoms with Crippen LogP contribution in [0, 0.1) is 0 Å². The Labute approximate surface area is 119 Å². The van der Waals surface area contributed by atoms with Gasteiger partial charge in [0.15, 0.2) is 12.6 Å². The van der Waals surface area contributed by atoms with Crippen LogP contribution in [0.5, 0.6) is 5.75 Å². The molecule has 0 aliphatic heterocycles. The Kier molecular flexibility index (Phi) is 5.33. The highest BCUT2D eigenvalue weighted by atomic mass is 16.7. The van der Waals surface area contributed by atoms with E-state index >= 15 is 0 Å². The zero-order chi connectivity index (χ0) is 14.2. The number of carbonyl (C=O) groups excluding carboxylic acids is 1. The predicted molar refractivity (Wildman–Crippen MR) is 77.8 cm³/mol. The molecule has 0 saturated heterocycles. The molecule has 2 aromatic rings. The molecule has 20 heavy (non-hydrogen) atoms. The maximum absolute atomic E-state index is 11.8. The minimum atomic E-state index is 0.0728. The number of hydrogen-bond donors (Lipinski definition) is 0. The first-order valence-corrected chi connectivity index (χ1v) is 6.68. The van der Waals surface area contributed by atoms with Crippen molar-refractivity contribution in [2.45, 2.75) is 20.0 Å². The minimum Gasteiger partial charge on any atom is -0.467 e. The first-order chi connectivity index (χ1) is 9.81. The quantitative estimate of drug-likeness (QED) is 0.436. The van der Waals surface area contributed by atoms with Gasteiger partial charge in [0.1, 0.15) is 5.75 Å². The zero-order valence-electron chi connectivity index (χ0n) is 11.5. The van der Waals surface area contributed by atoms with E-state index in [1.807, 2.05) is 49.4 Å². The van der Waals surface area contributed by atoms with Crippen molar-refractivity contribution >= 4 is 5.78 Å². The van der Waals surface area contributed by atoms with Gasteiger partial charge in [-0.05, 0) is 17.7 Å².